The van der Waals surface area contributed by atoms with Crippen LogP contribution in [0, 0.1) is 12.8 Å². The molecule has 3 heterocycles. The minimum Gasteiger partial charge on any atom is -0.475 e. The molecule has 1 aromatic heterocycles. The van der Waals surface area contributed by atoms with E-state index in [1.807, 2.05) is 11.8 Å². The number of fused-ring (bicyclic) bond motifs is 3. The molecule has 2 aromatic rings. The number of carbonyl (C=O) groups is 2. The number of hydrogen-bond acceptors (Lipinski definition) is 7. The number of nitrogens with zero attached hydrogens (tertiary/aromatic N) is 4. The molecule has 178 valence electrons. The lowest BCUT2D eigenvalue weighted by molar-refractivity contribution is -0.192. The monoisotopic (exact) mass is 484 g/mol. The summed E-state index contributed by atoms with van der Waals surface area (Å²) in [5.74, 6) is -1.87. The fourth-order valence-electron chi connectivity index (χ4n) is 4.89. The van der Waals surface area contributed by atoms with Gasteiger partial charge in [-0.2, -0.15) is 13.2 Å². The molecule has 0 bridgehead atoms. The lowest BCUT2D eigenvalue weighted by atomic mass is 9.93. The molecule has 3 aliphatic rings. The number of likely N-dealkylation sites (tertiary alicyclic amines) is 1. The zero-order valence-corrected chi connectivity index (χ0v) is 18.6. The van der Waals surface area contributed by atoms with Crippen LogP contribution in [-0.2, 0) is 9.53 Å². The van der Waals surface area contributed by atoms with E-state index in [1.165, 1.54) is 22.7 Å². The first-order valence-corrected chi connectivity index (χ1v) is 11.2. The van der Waals surface area contributed by atoms with Gasteiger partial charge in [0.25, 0.3) is 5.91 Å². The summed E-state index contributed by atoms with van der Waals surface area (Å²) in [7, 11) is 0. The molecular weight excluding hydrogens is 461 g/mol. The lowest BCUT2D eigenvalue weighted by Gasteiger charge is -2.36. The molecule has 0 radical (unpaired) electrons. The Balaban J connectivity index is 0.000000325. The third kappa shape index (κ3) is 4.73. The van der Waals surface area contributed by atoms with Crippen molar-refractivity contribution in [3.8, 4) is 0 Å². The minimum absolute atomic E-state index is 0.0314. The number of halogens is 3. The van der Waals surface area contributed by atoms with Crippen LogP contribution in [0.1, 0.15) is 38.5 Å². The Bertz CT molecular complexity index is 1020. The average Bonchev–Trinajstić information content (AvgIpc) is 3.47. The smallest absolute Gasteiger partial charge is 0.475 e. The maximum Gasteiger partial charge on any atom is 0.490 e. The Hall–Kier alpha value is -2.57. The van der Waals surface area contributed by atoms with Crippen molar-refractivity contribution in [2.45, 2.75) is 25.1 Å². The standard InChI is InChI=1S/C19H22N4O2S.C2HF3O2/c1-12-17(20-21-26-12)19(24)23-10-15-13-4-2-3-5-14(13)18(16(15)11-23)22-6-8-25-9-7-22;3-2(4,5)1(6)7/h2-5,15-16,18H,6-11H2,1H3;(H,6,7)/t15-,16-,18-;/m0./s1. The number of carbonyl (C=O) groups excluding carboxylic acids is 1. The number of aliphatic carboxylic acids is 1. The zero-order valence-electron chi connectivity index (χ0n) is 17.8. The maximum atomic E-state index is 13.0. The Morgan fingerprint density at radius 1 is 1.15 bits per heavy atom. The van der Waals surface area contributed by atoms with E-state index in [4.69, 9.17) is 14.6 Å². The summed E-state index contributed by atoms with van der Waals surface area (Å²) < 4.78 is 41.2. The predicted octanol–water partition coefficient (Wildman–Crippen LogP) is 2.72. The van der Waals surface area contributed by atoms with Gasteiger partial charge < -0.3 is 14.7 Å². The fraction of sp³-hybridized carbons (Fsp3) is 0.524. The maximum absolute atomic E-state index is 13.0. The molecule has 0 unspecified atom stereocenters. The Kier molecular flexibility index (Phi) is 6.68. The summed E-state index contributed by atoms with van der Waals surface area (Å²) in [4.78, 5) is 27.3. The third-order valence-electron chi connectivity index (χ3n) is 6.31. The van der Waals surface area contributed by atoms with E-state index in [2.05, 4.69) is 38.8 Å². The first kappa shape index (κ1) is 23.6. The van der Waals surface area contributed by atoms with Crippen LogP contribution >= 0.6 is 11.5 Å². The molecule has 2 saturated heterocycles. The van der Waals surface area contributed by atoms with Gasteiger partial charge in [-0.1, -0.05) is 28.8 Å². The summed E-state index contributed by atoms with van der Waals surface area (Å²) in [6.07, 6.45) is -5.08. The van der Waals surface area contributed by atoms with E-state index in [1.54, 1.807) is 0 Å². The van der Waals surface area contributed by atoms with Crippen molar-refractivity contribution in [1.82, 2.24) is 19.4 Å². The highest BCUT2D eigenvalue weighted by Gasteiger charge is 2.49. The molecule has 8 nitrogen and oxygen atoms in total. The highest BCUT2D eigenvalue weighted by molar-refractivity contribution is 7.05. The average molecular weight is 485 g/mol. The second-order valence-corrected chi connectivity index (χ2v) is 9.14. The summed E-state index contributed by atoms with van der Waals surface area (Å²) >= 11 is 1.29. The molecule has 1 amide bonds. The SMILES string of the molecule is Cc1snnc1C(=O)N1C[C@H]2[C@@H](C1)c1ccccc1[C@@H]2N1CCOCC1.O=C(O)C(F)(F)F. The van der Waals surface area contributed by atoms with Crippen LogP contribution in [0.25, 0.3) is 0 Å². The molecule has 2 fully saturated rings. The number of rotatable bonds is 2. The van der Waals surface area contributed by atoms with E-state index >= 15 is 0 Å². The van der Waals surface area contributed by atoms with E-state index in [0.717, 1.165) is 44.3 Å². The van der Waals surface area contributed by atoms with Crippen LogP contribution in [0.5, 0.6) is 0 Å². The molecule has 1 aromatic carbocycles. The number of aryl methyl sites for hydroxylation is 1. The second kappa shape index (κ2) is 9.35. The van der Waals surface area contributed by atoms with Gasteiger partial charge in [-0.3, -0.25) is 9.69 Å². The van der Waals surface area contributed by atoms with Crippen molar-refractivity contribution in [1.29, 1.82) is 0 Å². The Morgan fingerprint density at radius 3 is 2.36 bits per heavy atom. The largest absolute Gasteiger partial charge is 0.490 e. The normalized spacial score (nSPS) is 24.6. The van der Waals surface area contributed by atoms with Crippen LogP contribution in [0.4, 0.5) is 13.2 Å². The van der Waals surface area contributed by atoms with Crippen LogP contribution in [0.2, 0.25) is 0 Å². The molecule has 33 heavy (non-hydrogen) atoms. The Morgan fingerprint density at radius 2 is 1.79 bits per heavy atom. The van der Waals surface area contributed by atoms with Gasteiger partial charge in [0.2, 0.25) is 0 Å². The van der Waals surface area contributed by atoms with Crippen molar-refractivity contribution in [2.75, 3.05) is 39.4 Å². The highest BCUT2D eigenvalue weighted by atomic mass is 32.1. The van der Waals surface area contributed by atoms with Crippen molar-refractivity contribution in [3.05, 3.63) is 46.0 Å². The molecule has 1 aliphatic carbocycles. The second-order valence-electron chi connectivity index (χ2n) is 8.18. The van der Waals surface area contributed by atoms with Gasteiger partial charge in [0, 0.05) is 44.1 Å². The molecule has 5 rings (SSSR count). The van der Waals surface area contributed by atoms with Crippen LogP contribution < -0.4 is 0 Å². The first-order valence-electron chi connectivity index (χ1n) is 10.5. The van der Waals surface area contributed by atoms with Gasteiger partial charge in [0.1, 0.15) is 0 Å². The highest BCUT2D eigenvalue weighted by Crippen LogP contribution is 2.52. The zero-order chi connectivity index (χ0) is 23.8. The van der Waals surface area contributed by atoms with E-state index in [9.17, 15) is 18.0 Å². The van der Waals surface area contributed by atoms with Gasteiger partial charge in [-0.15, -0.1) is 5.10 Å². The molecule has 12 heteroatoms. The molecular formula is C21H23F3N4O4S. The van der Waals surface area contributed by atoms with E-state index < -0.39 is 12.1 Å². The van der Waals surface area contributed by atoms with Crippen molar-refractivity contribution >= 4 is 23.4 Å². The summed E-state index contributed by atoms with van der Waals surface area (Å²) in [5, 5.41) is 11.2. The van der Waals surface area contributed by atoms with Gasteiger partial charge in [0.05, 0.1) is 18.1 Å². The van der Waals surface area contributed by atoms with Crippen molar-refractivity contribution in [3.63, 3.8) is 0 Å². The number of carboxylic acids is 1. The van der Waals surface area contributed by atoms with Crippen molar-refractivity contribution in [2.24, 2.45) is 5.92 Å². The molecule has 0 spiro atoms. The number of alkyl halides is 3. The number of benzene rings is 1. The summed E-state index contributed by atoms with van der Waals surface area (Å²) in [6.45, 7) is 7.00. The fourth-order valence-corrected chi connectivity index (χ4v) is 5.35. The number of aromatic nitrogens is 2. The third-order valence-corrected chi connectivity index (χ3v) is 6.94. The number of hydrogen-bond donors (Lipinski definition) is 1. The Labute approximate surface area is 192 Å². The first-order chi connectivity index (χ1) is 15.7. The molecule has 0 saturated carbocycles. The molecule has 1 N–H and O–H groups in total. The molecule has 2 aliphatic heterocycles. The van der Waals surface area contributed by atoms with Gasteiger partial charge >= 0.3 is 12.1 Å². The quantitative estimate of drug-likeness (QED) is 0.700. The lowest BCUT2D eigenvalue weighted by Crippen LogP contribution is -2.42. The van der Waals surface area contributed by atoms with Crippen LogP contribution in [0.3, 0.4) is 0 Å². The van der Waals surface area contributed by atoms with Crippen LogP contribution in [0.15, 0.2) is 24.3 Å². The minimum atomic E-state index is -5.08. The predicted molar refractivity (Wildman–Crippen MR) is 112 cm³/mol. The van der Waals surface area contributed by atoms with Gasteiger partial charge in [0.15, 0.2) is 5.69 Å². The van der Waals surface area contributed by atoms with E-state index in [-0.39, 0.29) is 5.91 Å². The van der Waals surface area contributed by atoms with Gasteiger partial charge in [-0.05, 0) is 29.6 Å². The number of ether oxygens (including phenoxy) is 1. The van der Waals surface area contributed by atoms with Gasteiger partial charge in [-0.25, -0.2) is 4.79 Å². The van der Waals surface area contributed by atoms with E-state index in [0.29, 0.717) is 23.6 Å². The topological polar surface area (TPSA) is 95.9 Å². The van der Waals surface area contributed by atoms with Crippen LogP contribution in [-0.4, -0.2) is 81.9 Å². The summed E-state index contributed by atoms with van der Waals surface area (Å²) in [6, 6.07) is 9.16. The number of morpholine rings is 1. The number of amides is 1. The molecule has 3 atom stereocenters. The number of carboxylic acid groups (broad SMARTS) is 1. The summed E-state index contributed by atoms with van der Waals surface area (Å²) in [5.41, 5.74) is 3.38. The van der Waals surface area contributed by atoms with Crippen molar-refractivity contribution < 1.29 is 32.6 Å².